The van der Waals surface area contributed by atoms with Crippen molar-refractivity contribution in [3.63, 3.8) is 0 Å². The molecule has 0 saturated heterocycles. The second-order valence-electron chi connectivity index (χ2n) is 5.65. The molecular weight excluding hydrogens is 354 g/mol. The van der Waals surface area contributed by atoms with Crippen LogP contribution in [0.3, 0.4) is 0 Å². The van der Waals surface area contributed by atoms with E-state index in [1.807, 2.05) is 5.32 Å². The van der Waals surface area contributed by atoms with Crippen LogP contribution in [0.2, 0.25) is 0 Å². The normalized spacial score (nSPS) is 14.0. The van der Waals surface area contributed by atoms with E-state index in [4.69, 9.17) is 0 Å². The first-order valence-electron chi connectivity index (χ1n) is 7.41. The van der Waals surface area contributed by atoms with Crippen LogP contribution in [0.5, 0.6) is 0 Å². The molecule has 1 aromatic carbocycles. The van der Waals surface area contributed by atoms with E-state index < -0.39 is 23.6 Å². The van der Waals surface area contributed by atoms with Crippen molar-refractivity contribution in [2.24, 2.45) is 0 Å². The fraction of sp³-hybridized carbons (Fsp3) is 0.188. The average molecular weight is 367 g/mol. The molecule has 1 unspecified atom stereocenters. The van der Waals surface area contributed by atoms with Crippen molar-refractivity contribution in [3.8, 4) is 0 Å². The highest BCUT2D eigenvalue weighted by atomic mass is 19.4. The number of carbonyl (C=O) groups is 1. The molecule has 136 valence electrons. The van der Waals surface area contributed by atoms with Gasteiger partial charge >= 0.3 is 12.2 Å². The van der Waals surface area contributed by atoms with E-state index in [1.54, 1.807) is 12.3 Å². The van der Waals surface area contributed by atoms with Gasteiger partial charge < -0.3 is 10.6 Å². The standard InChI is InChI=1S/C16H13F4N5O/c1-15(16(18,19)20,10-3-5-11(17)6-4-10)24-14(26)23-12-9-22-25-8-2-7-21-13(12)25/h2-9H,1H3,(H2,23,24,26). The van der Waals surface area contributed by atoms with E-state index in [9.17, 15) is 22.4 Å². The Balaban J connectivity index is 1.87. The molecule has 0 fully saturated rings. The van der Waals surface area contributed by atoms with E-state index in [0.717, 1.165) is 31.2 Å². The monoisotopic (exact) mass is 367 g/mol. The Hall–Kier alpha value is -3.17. The zero-order valence-corrected chi connectivity index (χ0v) is 13.4. The van der Waals surface area contributed by atoms with Gasteiger partial charge in [0.1, 0.15) is 11.5 Å². The fourth-order valence-corrected chi connectivity index (χ4v) is 2.39. The Labute approximate surface area is 144 Å². The first kappa shape index (κ1) is 17.6. The molecule has 3 rings (SSSR count). The van der Waals surface area contributed by atoms with Gasteiger partial charge in [0.05, 0.1) is 6.20 Å². The van der Waals surface area contributed by atoms with Gasteiger partial charge in [-0.05, 0) is 30.7 Å². The van der Waals surface area contributed by atoms with Crippen LogP contribution in [0.4, 0.5) is 28.0 Å². The van der Waals surface area contributed by atoms with Crippen LogP contribution in [0.15, 0.2) is 48.9 Å². The summed E-state index contributed by atoms with van der Waals surface area (Å²) < 4.78 is 55.2. The van der Waals surface area contributed by atoms with Crippen molar-refractivity contribution in [1.82, 2.24) is 19.9 Å². The van der Waals surface area contributed by atoms with Gasteiger partial charge in [-0.2, -0.15) is 18.3 Å². The van der Waals surface area contributed by atoms with E-state index in [1.165, 1.54) is 16.9 Å². The van der Waals surface area contributed by atoms with Crippen molar-refractivity contribution in [2.75, 3.05) is 5.32 Å². The summed E-state index contributed by atoms with van der Waals surface area (Å²) in [7, 11) is 0. The van der Waals surface area contributed by atoms with E-state index in [0.29, 0.717) is 0 Å². The molecule has 0 spiro atoms. The Morgan fingerprint density at radius 2 is 1.88 bits per heavy atom. The lowest BCUT2D eigenvalue weighted by molar-refractivity contribution is -0.191. The van der Waals surface area contributed by atoms with Crippen LogP contribution in [-0.4, -0.2) is 26.8 Å². The lowest BCUT2D eigenvalue weighted by Gasteiger charge is -2.33. The minimum atomic E-state index is -4.82. The van der Waals surface area contributed by atoms with Crippen molar-refractivity contribution >= 4 is 17.4 Å². The second-order valence-corrected chi connectivity index (χ2v) is 5.65. The molecule has 2 heterocycles. The van der Waals surface area contributed by atoms with Crippen LogP contribution in [0, 0.1) is 5.82 Å². The topological polar surface area (TPSA) is 71.3 Å². The number of nitrogens with one attached hydrogen (secondary N) is 2. The number of hydrogen-bond donors (Lipinski definition) is 2. The van der Waals surface area contributed by atoms with Crippen LogP contribution in [0.25, 0.3) is 5.65 Å². The molecule has 2 aromatic heterocycles. The third-order valence-electron chi connectivity index (χ3n) is 3.88. The number of fused-ring (bicyclic) bond motifs is 1. The summed E-state index contributed by atoms with van der Waals surface area (Å²) in [6.45, 7) is 0.800. The Kier molecular flexibility index (Phi) is 4.26. The molecule has 0 bridgehead atoms. The second kappa shape index (κ2) is 6.28. The van der Waals surface area contributed by atoms with E-state index >= 15 is 0 Å². The number of urea groups is 1. The number of halogens is 4. The lowest BCUT2D eigenvalue weighted by Crippen LogP contribution is -2.55. The molecule has 0 aliphatic heterocycles. The SMILES string of the molecule is CC(NC(=O)Nc1cnn2cccnc12)(c1ccc(F)cc1)C(F)(F)F. The van der Waals surface area contributed by atoms with Gasteiger partial charge in [-0.15, -0.1) is 0 Å². The summed E-state index contributed by atoms with van der Waals surface area (Å²) in [5, 5.41) is 8.15. The van der Waals surface area contributed by atoms with Crippen molar-refractivity contribution < 1.29 is 22.4 Å². The summed E-state index contributed by atoms with van der Waals surface area (Å²) in [5.41, 5.74) is -2.61. The summed E-state index contributed by atoms with van der Waals surface area (Å²) in [6, 6.07) is 4.25. The van der Waals surface area contributed by atoms with Crippen molar-refractivity contribution in [2.45, 2.75) is 18.6 Å². The number of carbonyl (C=O) groups excluding carboxylic acids is 1. The highest BCUT2D eigenvalue weighted by Gasteiger charge is 2.53. The summed E-state index contributed by atoms with van der Waals surface area (Å²) >= 11 is 0. The maximum absolute atomic E-state index is 13.6. The largest absolute Gasteiger partial charge is 0.415 e. The van der Waals surface area contributed by atoms with E-state index in [2.05, 4.69) is 15.4 Å². The maximum atomic E-state index is 13.6. The van der Waals surface area contributed by atoms with E-state index in [-0.39, 0.29) is 16.9 Å². The molecule has 0 aliphatic carbocycles. The average Bonchev–Trinajstić information content (AvgIpc) is 2.97. The number of alkyl halides is 3. The molecule has 26 heavy (non-hydrogen) atoms. The van der Waals surface area contributed by atoms with Gasteiger partial charge in [0.25, 0.3) is 0 Å². The first-order valence-corrected chi connectivity index (χ1v) is 7.41. The summed E-state index contributed by atoms with van der Waals surface area (Å²) in [4.78, 5) is 16.2. The smallest absolute Gasteiger partial charge is 0.320 e. The number of rotatable bonds is 3. The molecule has 0 aliphatic rings. The number of hydrogen-bond acceptors (Lipinski definition) is 3. The van der Waals surface area contributed by atoms with Crippen molar-refractivity contribution in [1.29, 1.82) is 0 Å². The maximum Gasteiger partial charge on any atom is 0.415 e. The third-order valence-corrected chi connectivity index (χ3v) is 3.88. The highest BCUT2D eigenvalue weighted by Crippen LogP contribution is 2.38. The molecular formula is C16H13F4N5O. The lowest BCUT2D eigenvalue weighted by atomic mass is 9.91. The number of aromatic nitrogens is 3. The highest BCUT2D eigenvalue weighted by molar-refractivity contribution is 5.93. The minimum absolute atomic E-state index is 0.145. The van der Waals surface area contributed by atoms with Gasteiger partial charge in [-0.1, -0.05) is 12.1 Å². The number of nitrogens with zero attached hydrogens (tertiary/aromatic N) is 3. The minimum Gasteiger partial charge on any atom is -0.320 e. The molecule has 0 saturated carbocycles. The summed E-state index contributed by atoms with van der Waals surface area (Å²) in [6.07, 6.45) is -0.519. The van der Waals surface area contributed by atoms with Crippen LogP contribution in [-0.2, 0) is 5.54 Å². The molecule has 0 radical (unpaired) electrons. The van der Waals surface area contributed by atoms with Crippen LogP contribution < -0.4 is 10.6 Å². The molecule has 6 nitrogen and oxygen atoms in total. The Morgan fingerprint density at radius 3 is 2.54 bits per heavy atom. The van der Waals surface area contributed by atoms with Gasteiger partial charge in [0.2, 0.25) is 0 Å². The molecule has 1 atom stereocenters. The molecule has 10 heteroatoms. The van der Waals surface area contributed by atoms with Crippen LogP contribution >= 0.6 is 0 Å². The van der Waals surface area contributed by atoms with Crippen LogP contribution in [0.1, 0.15) is 12.5 Å². The van der Waals surface area contributed by atoms with Gasteiger partial charge in [-0.25, -0.2) is 18.7 Å². The first-order chi connectivity index (χ1) is 12.2. The molecule has 2 amide bonds. The van der Waals surface area contributed by atoms with Crippen molar-refractivity contribution in [3.05, 3.63) is 60.3 Å². The predicted octanol–water partition coefficient (Wildman–Crippen LogP) is 3.47. The van der Waals surface area contributed by atoms with Gasteiger partial charge in [0.15, 0.2) is 11.2 Å². The number of benzene rings is 1. The number of amides is 2. The molecule has 2 N–H and O–H groups in total. The Bertz CT molecular complexity index is 938. The third kappa shape index (κ3) is 3.17. The number of anilines is 1. The predicted molar refractivity (Wildman–Crippen MR) is 84.9 cm³/mol. The zero-order valence-electron chi connectivity index (χ0n) is 13.4. The zero-order chi connectivity index (χ0) is 18.9. The fourth-order valence-electron chi connectivity index (χ4n) is 2.39. The quantitative estimate of drug-likeness (QED) is 0.697. The molecule has 3 aromatic rings. The Morgan fingerprint density at radius 1 is 1.19 bits per heavy atom. The van der Waals surface area contributed by atoms with Gasteiger partial charge in [0, 0.05) is 12.4 Å². The summed E-state index contributed by atoms with van der Waals surface area (Å²) in [5.74, 6) is -0.680. The van der Waals surface area contributed by atoms with Gasteiger partial charge in [-0.3, -0.25) is 0 Å².